The van der Waals surface area contributed by atoms with E-state index in [1.165, 1.54) is 0 Å². The molecule has 3 aromatic rings. The van der Waals surface area contributed by atoms with Gasteiger partial charge in [0.1, 0.15) is 0 Å². The lowest BCUT2D eigenvalue weighted by atomic mass is 10.1. The van der Waals surface area contributed by atoms with Gasteiger partial charge in [-0.3, -0.25) is 0 Å². The van der Waals surface area contributed by atoms with Crippen molar-refractivity contribution in [2.75, 3.05) is 23.0 Å². The van der Waals surface area contributed by atoms with Crippen LogP contribution in [-0.4, -0.2) is 37.3 Å². The Morgan fingerprint density at radius 3 is 2.85 bits per heavy atom. The number of aromatic nitrogens is 4. The van der Waals surface area contributed by atoms with Gasteiger partial charge in [0.05, 0.1) is 19.0 Å². The zero-order valence-electron chi connectivity index (χ0n) is 15.3. The smallest absolute Gasteiger partial charge is 0.227 e. The van der Waals surface area contributed by atoms with E-state index in [9.17, 15) is 5.11 Å². The molecule has 0 bridgehead atoms. The van der Waals surface area contributed by atoms with E-state index in [1.807, 2.05) is 37.6 Å². The Morgan fingerprint density at radius 1 is 1.31 bits per heavy atom. The topological polar surface area (TPSA) is 114 Å². The number of benzene rings is 1. The molecule has 2 heterocycles. The fraction of sp³-hybridized carbons (Fsp3) is 0.389. The van der Waals surface area contributed by atoms with E-state index in [0.29, 0.717) is 23.8 Å². The molecular weight excluding hydrogens is 330 g/mol. The van der Waals surface area contributed by atoms with Crippen LogP contribution in [-0.2, 0) is 13.6 Å². The minimum atomic E-state index is -0.0963. The van der Waals surface area contributed by atoms with E-state index in [-0.39, 0.29) is 12.6 Å². The second-order valence-electron chi connectivity index (χ2n) is 6.41. The maximum Gasteiger partial charge on any atom is 0.227 e. The average molecular weight is 355 g/mol. The molecule has 0 aliphatic heterocycles. The van der Waals surface area contributed by atoms with Gasteiger partial charge in [-0.05, 0) is 25.0 Å². The molecule has 0 fully saturated rings. The number of hydrogen-bond acceptors (Lipinski definition) is 7. The Kier molecular flexibility index (Phi) is 5.22. The second kappa shape index (κ2) is 7.57. The van der Waals surface area contributed by atoms with Crippen molar-refractivity contribution in [1.82, 2.24) is 19.5 Å². The van der Waals surface area contributed by atoms with Crippen LogP contribution in [0, 0.1) is 6.92 Å². The number of anilines is 3. The first kappa shape index (κ1) is 17.9. The van der Waals surface area contributed by atoms with Gasteiger partial charge in [-0.15, -0.1) is 0 Å². The highest BCUT2D eigenvalue weighted by atomic mass is 16.3. The fourth-order valence-corrected chi connectivity index (χ4v) is 2.72. The monoisotopic (exact) mass is 355 g/mol. The zero-order valence-corrected chi connectivity index (χ0v) is 15.3. The van der Waals surface area contributed by atoms with E-state index in [0.717, 1.165) is 28.9 Å². The Bertz CT molecular complexity index is 902. The lowest BCUT2D eigenvalue weighted by molar-refractivity contribution is 0.271. The lowest BCUT2D eigenvalue weighted by Gasteiger charge is -2.15. The molecular formula is C18H25N7O. The van der Waals surface area contributed by atoms with Crippen LogP contribution in [0.4, 0.5) is 17.5 Å². The molecule has 1 aromatic carbocycles. The van der Waals surface area contributed by atoms with Gasteiger partial charge < -0.3 is 26.0 Å². The third-order valence-electron chi connectivity index (χ3n) is 4.35. The van der Waals surface area contributed by atoms with Crippen molar-refractivity contribution in [3.8, 4) is 0 Å². The maximum atomic E-state index is 9.43. The summed E-state index contributed by atoms with van der Waals surface area (Å²) in [4.78, 5) is 13.5. The standard InChI is InChI=1S/C18H25N7O/c1-4-13(9-26)22-18-23-16(15-17(24-18)25(3)10-21-15)20-8-12-7-11(2)5-6-14(12)19/h5-7,10,13,26H,4,8-9,19H2,1-3H3,(H2,20,22,23,24). The van der Waals surface area contributed by atoms with Crippen LogP contribution in [0.2, 0.25) is 0 Å². The highest BCUT2D eigenvalue weighted by Gasteiger charge is 2.14. The van der Waals surface area contributed by atoms with Gasteiger partial charge in [0.2, 0.25) is 5.95 Å². The van der Waals surface area contributed by atoms with Crippen molar-refractivity contribution in [3.05, 3.63) is 35.7 Å². The molecule has 0 saturated carbocycles. The summed E-state index contributed by atoms with van der Waals surface area (Å²) in [5, 5.41) is 15.9. The molecule has 8 heteroatoms. The Morgan fingerprint density at radius 2 is 2.12 bits per heavy atom. The zero-order chi connectivity index (χ0) is 18.7. The van der Waals surface area contributed by atoms with Crippen LogP contribution >= 0.6 is 0 Å². The van der Waals surface area contributed by atoms with Gasteiger partial charge in [-0.1, -0.05) is 24.6 Å². The number of nitrogens with zero attached hydrogens (tertiary/aromatic N) is 4. The number of nitrogen functional groups attached to an aromatic ring is 1. The number of aliphatic hydroxyl groups is 1. The summed E-state index contributed by atoms with van der Waals surface area (Å²) in [6.45, 7) is 4.58. The lowest BCUT2D eigenvalue weighted by Crippen LogP contribution is -2.24. The number of nitrogens with one attached hydrogen (secondary N) is 2. The molecule has 1 atom stereocenters. The van der Waals surface area contributed by atoms with E-state index in [1.54, 1.807) is 6.33 Å². The van der Waals surface area contributed by atoms with E-state index in [2.05, 4.69) is 31.7 Å². The number of imidazole rings is 1. The van der Waals surface area contributed by atoms with Crippen molar-refractivity contribution < 1.29 is 5.11 Å². The Hall–Kier alpha value is -2.87. The normalized spacial score (nSPS) is 12.3. The molecule has 0 amide bonds. The van der Waals surface area contributed by atoms with Crippen LogP contribution in [0.5, 0.6) is 0 Å². The number of rotatable bonds is 7. The highest BCUT2D eigenvalue weighted by molar-refractivity contribution is 5.84. The van der Waals surface area contributed by atoms with E-state index < -0.39 is 0 Å². The Balaban J connectivity index is 1.92. The SMILES string of the molecule is CCC(CO)Nc1nc(NCc2cc(C)ccc2N)c2ncn(C)c2n1. The summed E-state index contributed by atoms with van der Waals surface area (Å²) in [6, 6.07) is 5.85. The third-order valence-corrected chi connectivity index (χ3v) is 4.35. The minimum absolute atomic E-state index is 0.0197. The summed E-state index contributed by atoms with van der Waals surface area (Å²) < 4.78 is 1.84. The van der Waals surface area contributed by atoms with Crippen molar-refractivity contribution in [2.45, 2.75) is 32.9 Å². The average Bonchev–Trinajstić information content (AvgIpc) is 3.01. The molecule has 8 nitrogen and oxygen atoms in total. The summed E-state index contributed by atoms with van der Waals surface area (Å²) in [5.41, 5.74) is 10.4. The van der Waals surface area contributed by atoms with Crippen molar-refractivity contribution in [3.63, 3.8) is 0 Å². The molecule has 1 unspecified atom stereocenters. The molecule has 0 radical (unpaired) electrons. The molecule has 0 aliphatic carbocycles. The van der Waals surface area contributed by atoms with Gasteiger partial charge in [-0.25, -0.2) is 4.98 Å². The quantitative estimate of drug-likeness (QED) is 0.480. The second-order valence-corrected chi connectivity index (χ2v) is 6.41. The molecule has 138 valence electrons. The predicted octanol–water partition coefficient (Wildman–Crippen LogP) is 2.05. The van der Waals surface area contributed by atoms with Gasteiger partial charge in [-0.2, -0.15) is 9.97 Å². The van der Waals surface area contributed by atoms with Gasteiger partial charge in [0, 0.05) is 19.3 Å². The number of nitrogens with two attached hydrogens (primary N) is 1. The van der Waals surface area contributed by atoms with Crippen LogP contribution in [0.1, 0.15) is 24.5 Å². The summed E-state index contributed by atoms with van der Waals surface area (Å²) in [7, 11) is 1.89. The van der Waals surface area contributed by atoms with Crippen LogP contribution in [0.15, 0.2) is 24.5 Å². The van der Waals surface area contributed by atoms with Crippen LogP contribution < -0.4 is 16.4 Å². The summed E-state index contributed by atoms with van der Waals surface area (Å²) in [5.74, 6) is 1.09. The largest absolute Gasteiger partial charge is 0.398 e. The molecule has 3 rings (SSSR count). The fourth-order valence-electron chi connectivity index (χ4n) is 2.72. The highest BCUT2D eigenvalue weighted by Crippen LogP contribution is 2.22. The molecule has 26 heavy (non-hydrogen) atoms. The van der Waals surface area contributed by atoms with Gasteiger partial charge in [0.25, 0.3) is 0 Å². The molecule has 0 spiro atoms. The number of aliphatic hydroxyl groups excluding tert-OH is 1. The maximum absolute atomic E-state index is 9.43. The van der Waals surface area contributed by atoms with Crippen LogP contribution in [0.25, 0.3) is 11.2 Å². The van der Waals surface area contributed by atoms with E-state index >= 15 is 0 Å². The summed E-state index contributed by atoms with van der Waals surface area (Å²) >= 11 is 0. The number of aryl methyl sites for hydroxylation is 2. The van der Waals surface area contributed by atoms with Crippen LogP contribution in [0.3, 0.4) is 0 Å². The molecule has 5 N–H and O–H groups in total. The molecule has 0 aliphatic rings. The number of hydrogen-bond donors (Lipinski definition) is 4. The molecule has 0 saturated heterocycles. The Labute approximate surface area is 152 Å². The first-order valence-corrected chi connectivity index (χ1v) is 8.67. The van der Waals surface area contributed by atoms with Crippen molar-refractivity contribution in [2.24, 2.45) is 7.05 Å². The van der Waals surface area contributed by atoms with Crippen molar-refractivity contribution >= 4 is 28.6 Å². The first-order valence-electron chi connectivity index (χ1n) is 8.67. The van der Waals surface area contributed by atoms with Crippen molar-refractivity contribution in [1.29, 1.82) is 0 Å². The summed E-state index contributed by atoms with van der Waals surface area (Å²) in [6.07, 6.45) is 2.48. The number of fused-ring (bicyclic) bond motifs is 1. The third kappa shape index (κ3) is 3.70. The van der Waals surface area contributed by atoms with E-state index in [4.69, 9.17) is 5.73 Å². The predicted molar refractivity (Wildman–Crippen MR) is 104 cm³/mol. The van der Waals surface area contributed by atoms with Gasteiger partial charge in [0.15, 0.2) is 17.0 Å². The molecule has 2 aromatic heterocycles. The minimum Gasteiger partial charge on any atom is -0.398 e. The van der Waals surface area contributed by atoms with Gasteiger partial charge >= 0.3 is 0 Å². The first-order chi connectivity index (χ1) is 12.5.